The van der Waals surface area contributed by atoms with Crippen molar-refractivity contribution < 1.29 is 9.53 Å². The second kappa shape index (κ2) is 8.40. The van der Waals surface area contributed by atoms with E-state index in [9.17, 15) is 4.79 Å². The number of carbonyl (C=O) groups is 1. The number of anilines is 1. The molecule has 1 aromatic heterocycles. The molecule has 1 N–H and O–H groups in total. The molecule has 140 valence electrons. The molecule has 2 aromatic rings. The van der Waals surface area contributed by atoms with Crippen LogP contribution < -0.4 is 15.0 Å². The Balaban J connectivity index is 1.56. The Hall–Kier alpha value is -2.28. The number of para-hydroxylation sites is 2. The zero-order chi connectivity index (χ0) is 18.5. The van der Waals surface area contributed by atoms with Crippen molar-refractivity contribution in [2.45, 2.75) is 26.8 Å². The van der Waals surface area contributed by atoms with E-state index in [-0.39, 0.29) is 12.1 Å². The monoisotopic (exact) mass is 374 g/mol. The van der Waals surface area contributed by atoms with Gasteiger partial charge in [0.15, 0.2) is 0 Å². The van der Waals surface area contributed by atoms with Crippen LogP contribution in [0.2, 0.25) is 0 Å². The van der Waals surface area contributed by atoms with Gasteiger partial charge in [-0.05, 0) is 32.9 Å². The summed E-state index contributed by atoms with van der Waals surface area (Å²) in [4.78, 5) is 21.2. The number of hydrogen-bond acceptors (Lipinski definition) is 5. The molecule has 7 heteroatoms. The van der Waals surface area contributed by atoms with E-state index in [4.69, 9.17) is 4.74 Å². The molecule has 2 heterocycles. The topological polar surface area (TPSA) is 57.7 Å². The van der Waals surface area contributed by atoms with Crippen molar-refractivity contribution in [1.29, 1.82) is 0 Å². The SMILES string of the molecule is CCOc1ccccc1N1CCN(C(=O)NC(C)c2nc(C)cs2)CC1. The van der Waals surface area contributed by atoms with E-state index in [2.05, 4.69) is 21.3 Å². The van der Waals surface area contributed by atoms with Crippen LogP contribution in [0.15, 0.2) is 29.6 Å². The summed E-state index contributed by atoms with van der Waals surface area (Å²) in [5.41, 5.74) is 2.09. The van der Waals surface area contributed by atoms with Crippen molar-refractivity contribution in [1.82, 2.24) is 15.2 Å². The molecular formula is C19H26N4O2S. The van der Waals surface area contributed by atoms with E-state index in [0.29, 0.717) is 19.7 Å². The third-order valence-electron chi connectivity index (χ3n) is 4.42. The lowest BCUT2D eigenvalue weighted by molar-refractivity contribution is 0.191. The molecule has 1 aromatic carbocycles. The minimum absolute atomic E-state index is 0.0249. The fourth-order valence-corrected chi connectivity index (χ4v) is 3.86. The summed E-state index contributed by atoms with van der Waals surface area (Å²) < 4.78 is 5.73. The molecule has 1 fully saturated rings. The first kappa shape index (κ1) is 18.5. The first-order valence-corrected chi connectivity index (χ1v) is 9.90. The van der Waals surface area contributed by atoms with Gasteiger partial charge in [0.05, 0.1) is 18.3 Å². The highest BCUT2D eigenvalue weighted by molar-refractivity contribution is 7.09. The van der Waals surface area contributed by atoms with Crippen molar-refractivity contribution in [3.63, 3.8) is 0 Å². The Morgan fingerprint density at radius 3 is 2.69 bits per heavy atom. The summed E-state index contributed by atoms with van der Waals surface area (Å²) in [5.74, 6) is 0.903. The predicted octanol–water partition coefficient (Wildman–Crippen LogP) is 3.44. The van der Waals surface area contributed by atoms with E-state index in [1.807, 2.05) is 49.3 Å². The Morgan fingerprint density at radius 1 is 1.31 bits per heavy atom. The first-order chi connectivity index (χ1) is 12.6. The predicted molar refractivity (Wildman–Crippen MR) is 105 cm³/mol. The van der Waals surface area contributed by atoms with Gasteiger partial charge >= 0.3 is 6.03 Å². The van der Waals surface area contributed by atoms with Crippen molar-refractivity contribution in [2.24, 2.45) is 0 Å². The number of benzene rings is 1. The Bertz CT molecular complexity index is 741. The molecule has 6 nitrogen and oxygen atoms in total. The summed E-state index contributed by atoms with van der Waals surface area (Å²) in [5, 5.41) is 6.01. The second-order valence-corrected chi connectivity index (χ2v) is 7.26. The highest BCUT2D eigenvalue weighted by Gasteiger charge is 2.24. The third kappa shape index (κ3) is 4.27. The Kier molecular flexibility index (Phi) is 5.98. The number of piperazine rings is 1. The molecular weight excluding hydrogens is 348 g/mol. The van der Waals surface area contributed by atoms with E-state index >= 15 is 0 Å². The van der Waals surface area contributed by atoms with Crippen LogP contribution in [0.25, 0.3) is 0 Å². The fourth-order valence-electron chi connectivity index (χ4n) is 3.06. The maximum absolute atomic E-state index is 12.5. The summed E-state index contributed by atoms with van der Waals surface area (Å²) in [6.07, 6.45) is 0. The van der Waals surface area contributed by atoms with Gasteiger partial charge in [-0.25, -0.2) is 9.78 Å². The lowest BCUT2D eigenvalue weighted by Gasteiger charge is -2.37. The smallest absolute Gasteiger partial charge is 0.318 e. The molecule has 0 radical (unpaired) electrons. The average molecular weight is 375 g/mol. The number of aryl methyl sites for hydroxylation is 1. The van der Waals surface area contributed by atoms with Crippen molar-refractivity contribution in [3.8, 4) is 5.75 Å². The molecule has 0 bridgehead atoms. The number of nitrogens with one attached hydrogen (secondary N) is 1. The second-order valence-electron chi connectivity index (χ2n) is 6.37. The number of aromatic nitrogens is 1. The van der Waals surface area contributed by atoms with Gasteiger partial charge in [-0.2, -0.15) is 0 Å². The van der Waals surface area contributed by atoms with Gasteiger partial charge in [-0.3, -0.25) is 0 Å². The number of rotatable bonds is 5. The summed E-state index contributed by atoms with van der Waals surface area (Å²) in [6, 6.07) is 7.98. The summed E-state index contributed by atoms with van der Waals surface area (Å²) in [6.45, 7) is 9.55. The minimum Gasteiger partial charge on any atom is -0.492 e. The van der Waals surface area contributed by atoms with Gasteiger partial charge in [0.25, 0.3) is 0 Å². The average Bonchev–Trinajstić information content (AvgIpc) is 3.09. The number of amides is 2. The third-order valence-corrected chi connectivity index (χ3v) is 5.57. The number of hydrogen-bond donors (Lipinski definition) is 1. The number of ether oxygens (including phenoxy) is 1. The molecule has 1 aliphatic rings. The van der Waals surface area contributed by atoms with E-state index < -0.39 is 0 Å². The molecule has 3 rings (SSSR count). The number of urea groups is 1. The van der Waals surface area contributed by atoms with Gasteiger partial charge in [0, 0.05) is 37.3 Å². The van der Waals surface area contributed by atoms with E-state index in [0.717, 1.165) is 35.2 Å². The maximum atomic E-state index is 12.5. The lowest BCUT2D eigenvalue weighted by Crippen LogP contribution is -2.52. The number of carbonyl (C=O) groups excluding carboxylic acids is 1. The van der Waals surface area contributed by atoms with Gasteiger partial charge in [0.1, 0.15) is 10.8 Å². The minimum atomic E-state index is -0.0714. The molecule has 1 atom stereocenters. The van der Waals surface area contributed by atoms with Crippen LogP contribution in [0.4, 0.5) is 10.5 Å². The fraction of sp³-hybridized carbons (Fsp3) is 0.474. The molecule has 0 saturated carbocycles. The summed E-state index contributed by atoms with van der Waals surface area (Å²) >= 11 is 1.58. The standard InChI is InChI=1S/C19H26N4O2S/c1-4-25-17-8-6-5-7-16(17)22-9-11-23(12-10-22)19(24)21-15(3)18-20-14(2)13-26-18/h5-8,13,15H,4,9-12H2,1-3H3,(H,21,24). The van der Waals surface area contributed by atoms with Crippen LogP contribution in [0.1, 0.15) is 30.6 Å². The van der Waals surface area contributed by atoms with Crippen LogP contribution in [0, 0.1) is 6.92 Å². The molecule has 0 spiro atoms. The van der Waals surface area contributed by atoms with Crippen molar-refractivity contribution in [2.75, 3.05) is 37.7 Å². The van der Waals surface area contributed by atoms with Crippen LogP contribution in [-0.2, 0) is 0 Å². The Morgan fingerprint density at radius 2 is 2.04 bits per heavy atom. The van der Waals surface area contributed by atoms with Gasteiger partial charge in [-0.15, -0.1) is 11.3 Å². The van der Waals surface area contributed by atoms with Gasteiger partial charge in [-0.1, -0.05) is 12.1 Å². The van der Waals surface area contributed by atoms with E-state index in [1.165, 1.54) is 0 Å². The molecule has 0 aliphatic carbocycles. The van der Waals surface area contributed by atoms with Gasteiger partial charge < -0.3 is 19.9 Å². The normalized spacial score (nSPS) is 15.7. The summed E-state index contributed by atoms with van der Waals surface area (Å²) in [7, 11) is 0. The zero-order valence-corrected chi connectivity index (χ0v) is 16.4. The highest BCUT2D eigenvalue weighted by Crippen LogP contribution is 2.29. The van der Waals surface area contributed by atoms with Crippen LogP contribution in [0.3, 0.4) is 0 Å². The zero-order valence-electron chi connectivity index (χ0n) is 15.6. The van der Waals surface area contributed by atoms with E-state index in [1.54, 1.807) is 11.3 Å². The van der Waals surface area contributed by atoms with Crippen LogP contribution >= 0.6 is 11.3 Å². The number of thiazole rings is 1. The van der Waals surface area contributed by atoms with Gasteiger partial charge in [0.2, 0.25) is 0 Å². The van der Waals surface area contributed by atoms with Crippen LogP contribution in [-0.4, -0.2) is 48.7 Å². The molecule has 26 heavy (non-hydrogen) atoms. The van der Waals surface area contributed by atoms with Crippen LogP contribution in [0.5, 0.6) is 5.75 Å². The van der Waals surface area contributed by atoms with Crippen molar-refractivity contribution in [3.05, 3.63) is 40.3 Å². The molecule has 1 unspecified atom stereocenters. The quantitative estimate of drug-likeness (QED) is 0.871. The maximum Gasteiger partial charge on any atom is 0.318 e. The number of nitrogens with zero attached hydrogens (tertiary/aromatic N) is 3. The Labute approximate surface area is 158 Å². The lowest BCUT2D eigenvalue weighted by atomic mass is 10.2. The molecule has 1 saturated heterocycles. The van der Waals surface area contributed by atoms with Crippen molar-refractivity contribution >= 4 is 23.1 Å². The molecule has 2 amide bonds. The molecule has 1 aliphatic heterocycles. The first-order valence-electron chi connectivity index (χ1n) is 9.02. The highest BCUT2D eigenvalue weighted by atomic mass is 32.1. The largest absolute Gasteiger partial charge is 0.492 e.